The summed E-state index contributed by atoms with van der Waals surface area (Å²) in [5.41, 5.74) is -4.05. The Morgan fingerprint density at radius 1 is 0.938 bits per heavy atom. The zero-order valence-electron chi connectivity index (χ0n) is 7.32. The first-order chi connectivity index (χ1) is 7.03. The van der Waals surface area contributed by atoms with Gasteiger partial charge in [0.25, 0.3) is 0 Å². The van der Waals surface area contributed by atoms with Crippen LogP contribution in [-0.2, 0) is 12.4 Å². The molecule has 0 bridgehead atoms. The van der Waals surface area contributed by atoms with Gasteiger partial charge in [-0.3, -0.25) is 0 Å². The van der Waals surface area contributed by atoms with E-state index in [0.717, 1.165) is 0 Å². The van der Waals surface area contributed by atoms with Crippen molar-refractivity contribution in [1.82, 2.24) is 0 Å². The minimum atomic E-state index is -5.28. The van der Waals surface area contributed by atoms with Crippen LogP contribution in [0, 0.1) is 0 Å². The third kappa shape index (κ3) is 2.55. The zero-order chi connectivity index (χ0) is 12.7. The molecule has 0 aliphatic rings. The summed E-state index contributed by atoms with van der Waals surface area (Å²) >= 11 is 3.47. The molecule has 0 unspecified atom stereocenters. The molecule has 1 nitrogen and oxygen atoms in total. The third-order valence-electron chi connectivity index (χ3n) is 1.69. The van der Waals surface area contributed by atoms with E-state index in [4.69, 9.17) is 5.11 Å². The summed E-state index contributed by atoms with van der Waals surface area (Å²) in [6.07, 6.45) is -10.5. The fourth-order valence-electron chi connectivity index (χ4n) is 1.13. The van der Waals surface area contributed by atoms with E-state index in [1.165, 1.54) is 0 Å². The summed E-state index contributed by atoms with van der Waals surface area (Å²) in [6, 6.07) is 0.715. The van der Waals surface area contributed by atoms with Crippen molar-refractivity contribution in [1.29, 1.82) is 0 Å². The maximum atomic E-state index is 12.3. The molecule has 0 heterocycles. The van der Waals surface area contributed by atoms with Gasteiger partial charge in [-0.05, 0) is 12.1 Å². The fourth-order valence-corrected chi connectivity index (χ4v) is 1.38. The summed E-state index contributed by atoms with van der Waals surface area (Å²) < 4.78 is 73.7. The maximum absolute atomic E-state index is 12.3. The Hall–Kier alpha value is -1.05. The summed E-state index contributed by atoms with van der Waals surface area (Å²) in [6.45, 7) is 0. The van der Waals surface area contributed by atoms with Crippen LogP contribution in [0.15, 0.2) is 17.0 Å². The predicted molar refractivity (Wildman–Crippen MR) is 45.4 cm³/mol. The van der Waals surface area contributed by atoms with Gasteiger partial charge in [-0.25, -0.2) is 0 Å². The molecule has 0 fully saturated rings. The summed E-state index contributed by atoms with van der Waals surface area (Å²) in [5, 5.41) is 8.90. The van der Waals surface area contributed by atoms with E-state index in [1.807, 2.05) is 0 Å². The number of alkyl halides is 6. The maximum Gasteiger partial charge on any atom is 0.420 e. The van der Waals surface area contributed by atoms with Gasteiger partial charge < -0.3 is 5.11 Å². The van der Waals surface area contributed by atoms with Gasteiger partial charge in [-0.15, -0.1) is 12.6 Å². The molecule has 16 heavy (non-hydrogen) atoms. The number of halogens is 6. The quantitative estimate of drug-likeness (QED) is 0.539. The summed E-state index contributed by atoms with van der Waals surface area (Å²) in [5.74, 6) is -1.49. The molecular formula is C8H4F6OS. The second-order valence-corrected chi connectivity index (χ2v) is 3.40. The normalized spacial score (nSPS) is 12.9. The summed E-state index contributed by atoms with van der Waals surface area (Å²) in [4.78, 5) is -0.405. The van der Waals surface area contributed by atoms with E-state index in [0.29, 0.717) is 6.07 Å². The van der Waals surface area contributed by atoms with Crippen LogP contribution < -0.4 is 0 Å². The van der Waals surface area contributed by atoms with E-state index in [2.05, 4.69) is 12.6 Å². The number of benzene rings is 1. The Morgan fingerprint density at radius 3 is 1.81 bits per heavy atom. The van der Waals surface area contributed by atoms with Crippen molar-refractivity contribution >= 4 is 12.6 Å². The Morgan fingerprint density at radius 2 is 1.44 bits per heavy atom. The van der Waals surface area contributed by atoms with Crippen LogP contribution in [0.3, 0.4) is 0 Å². The highest BCUT2D eigenvalue weighted by molar-refractivity contribution is 7.80. The molecule has 0 atom stereocenters. The molecule has 0 aromatic heterocycles. The predicted octanol–water partition coefficient (Wildman–Crippen LogP) is 3.72. The smallest absolute Gasteiger partial charge is 0.420 e. The molecule has 8 heteroatoms. The topological polar surface area (TPSA) is 20.2 Å². The number of thiol groups is 1. The van der Waals surface area contributed by atoms with Crippen molar-refractivity contribution in [3.63, 3.8) is 0 Å². The second kappa shape index (κ2) is 3.76. The first kappa shape index (κ1) is 13.0. The van der Waals surface area contributed by atoms with Crippen LogP contribution in [0.25, 0.3) is 0 Å². The lowest BCUT2D eigenvalue weighted by atomic mass is 10.1. The van der Waals surface area contributed by atoms with Crippen molar-refractivity contribution in [3.8, 4) is 5.75 Å². The first-order valence-electron chi connectivity index (χ1n) is 3.74. The largest absolute Gasteiger partial charge is 0.507 e. The van der Waals surface area contributed by atoms with Gasteiger partial charge in [-0.2, -0.15) is 26.3 Å². The van der Waals surface area contributed by atoms with Gasteiger partial charge in [0.05, 0.1) is 5.56 Å². The molecular weight excluding hydrogens is 258 g/mol. The summed E-state index contributed by atoms with van der Waals surface area (Å²) in [7, 11) is 0. The van der Waals surface area contributed by atoms with Gasteiger partial charge in [-0.1, -0.05) is 0 Å². The lowest BCUT2D eigenvalue weighted by Gasteiger charge is -2.17. The van der Waals surface area contributed by atoms with Crippen LogP contribution in [0.4, 0.5) is 26.3 Å². The number of rotatable bonds is 0. The van der Waals surface area contributed by atoms with E-state index in [9.17, 15) is 26.3 Å². The van der Waals surface area contributed by atoms with Crippen molar-refractivity contribution in [2.45, 2.75) is 17.2 Å². The molecule has 0 aliphatic heterocycles. The second-order valence-electron chi connectivity index (χ2n) is 2.88. The minimum Gasteiger partial charge on any atom is -0.507 e. The molecule has 0 spiro atoms. The Labute approximate surface area is 91.1 Å². The van der Waals surface area contributed by atoms with Gasteiger partial charge in [0.2, 0.25) is 0 Å². The molecule has 1 N–H and O–H groups in total. The number of aromatic hydroxyl groups is 1. The minimum absolute atomic E-state index is 0.214. The number of phenolic OH excluding ortho intramolecular Hbond substituents is 1. The van der Waals surface area contributed by atoms with Crippen LogP contribution in [-0.4, -0.2) is 5.11 Å². The Bertz CT molecular complexity index is 408. The molecule has 0 radical (unpaired) electrons. The average Bonchev–Trinajstić information content (AvgIpc) is 1.97. The Kier molecular flexibility index (Phi) is 3.06. The lowest BCUT2D eigenvalue weighted by molar-refractivity contribution is -0.163. The van der Waals surface area contributed by atoms with E-state index < -0.39 is 34.1 Å². The molecule has 0 saturated carbocycles. The average molecular weight is 262 g/mol. The first-order valence-corrected chi connectivity index (χ1v) is 4.18. The van der Waals surface area contributed by atoms with E-state index >= 15 is 0 Å². The van der Waals surface area contributed by atoms with Gasteiger partial charge in [0.15, 0.2) is 0 Å². The zero-order valence-corrected chi connectivity index (χ0v) is 8.21. The fraction of sp³-hybridized carbons (Fsp3) is 0.250. The van der Waals surface area contributed by atoms with Crippen molar-refractivity contribution in [3.05, 3.63) is 23.3 Å². The molecule has 0 saturated heterocycles. The monoisotopic (exact) mass is 262 g/mol. The Balaban J connectivity index is 3.58. The molecule has 0 aliphatic carbocycles. The van der Waals surface area contributed by atoms with Crippen LogP contribution >= 0.6 is 12.6 Å². The van der Waals surface area contributed by atoms with Gasteiger partial charge in [0.1, 0.15) is 11.3 Å². The number of phenols is 1. The molecule has 1 rings (SSSR count). The standard InChI is InChI=1S/C8H4F6OS/c9-7(10,11)4-1-3(16)2-5(15)6(4)8(12,13)14/h1-2,15-16H. The SMILES string of the molecule is Oc1cc(S)cc(C(F)(F)F)c1C(F)(F)F. The van der Waals surface area contributed by atoms with Gasteiger partial charge in [0, 0.05) is 4.90 Å². The highest BCUT2D eigenvalue weighted by atomic mass is 32.1. The van der Waals surface area contributed by atoms with E-state index in [1.54, 1.807) is 0 Å². The van der Waals surface area contributed by atoms with Crippen LogP contribution in [0.2, 0.25) is 0 Å². The number of hydrogen-bond donors (Lipinski definition) is 2. The highest BCUT2D eigenvalue weighted by Gasteiger charge is 2.45. The van der Waals surface area contributed by atoms with Crippen molar-refractivity contribution < 1.29 is 31.4 Å². The molecule has 1 aromatic carbocycles. The van der Waals surface area contributed by atoms with Crippen LogP contribution in [0.5, 0.6) is 5.75 Å². The highest BCUT2D eigenvalue weighted by Crippen LogP contribution is 2.45. The van der Waals surface area contributed by atoms with E-state index in [-0.39, 0.29) is 6.07 Å². The molecule has 90 valence electrons. The van der Waals surface area contributed by atoms with Gasteiger partial charge >= 0.3 is 12.4 Å². The third-order valence-corrected chi connectivity index (χ3v) is 1.95. The lowest BCUT2D eigenvalue weighted by Crippen LogP contribution is -2.16. The van der Waals surface area contributed by atoms with Crippen molar-refractivity contribution in [2.75, 3.05) is 0 Å². The van der Waals surface area contributed by atoms with Crippen molar-refractivity contribution in [2.24, 2.45) is 0 Å². The number of hydrogen-bond acceptors (Lipinski definition) is 2. The molecule has 0 amide bonds. The molecule has 1 aromatic rings. The van der Waals surface area contributed by atoms with Crippen LogP contribution in [0.1, 0.15) is 11.1 Å².